The van der Waals surface area contributed by atoms with Crippen molar-refractivity contribution in [3.05, 3.63) is 66.2 Å². The van der Waals surface area contributed by atoms with Crippen molar-refractivity contribution in [2.45, 2.75) is 44.9 Å². The molecule has 0 radical (unpaired) electrons. The van der Waals surface area contributed by atoms with Crippen molar-refractivity contribution in [3.8, 4) is 0 Å². The van der Waals surface area contributed by atoms with Crippen molar-refractivity contribution in [1.82, 2.24) is 0 Å². The highest BCUT2D eigenvalue weighted by atomic mass is 16.6. The van der Waals surface area contributed by atoms with Crippen molar-refractivity contribution in [2.75, 3.05) is 24.7 Å². The molecule has 160 valence electrons. The molecule has 1 saturated heterocycles. The first kappa shape index (κ1) is 21.8. The SMILES string of the molecule is CCOC(=O)C1(C(=O)OCC)[C@@H](OCC)C[C@@H](c2ccccc2)N1c1ccccc1. The Bertz CT molecular complexity index is 821. The van der Waals surface area contributed by atoms with Gasteiger partial charge in [-0.15, -0.1) is 0 Å². The van der Waals surface area contributed by atoms with Gasteiger partial charge >= 0.3 is 11.9 Å². The van der Waals surface area contributed by atoms with Crippen LogP contribution in [0.15, 0.2) is 60.7 Å². The quantitative estimate of drug-likeness (QED) is 0.485. The van der Waals surface area contributed by atoms with E-state index in [9.17, 15) is 9.59 Å². The van der Waals surface area contributed by atoms with Crippen LogP contribution in [0.2, 0.25) is 0 Å². The Morgan fingerprint density at radius 2 is 1.40 bits per heavy atom. The van der Waals surface area contributed by atoms with E-state index >= 15 is 0 Å². The lowest BCUT2D eigenvalue weighted by molar-refractivity contribution is -0.170. The van der Waals surface area contributed by atoms with Gasteiger partial charge in [-0.2, -0.15) is 0 Å². The number of esters is 2. The number of anilines is 1. The standard InChI is InChI=1S/C24H29NO5/c1-4-28-21-17-20(18-13-9-7-10-14-18)25(19-15-11-8-12-16-19)24(21,22(26)29-5-2)23(27)30-6-3/h7-16,20-21H,4-6,17H2,1-3H3/t20-,21-/m0/s1. The minimum absolute atomic E-state index is 0.150. The minimum atomic E-state index is -1.73. The van der Waals surface area contributed by atoms with Gasteiger partial charge in [-0.1, -0.05) is 48.5 Å². The van der Waals surface area contributed by atoms with Crippen molar-refractivity contribution >= 4 is 17.6 Å². The van der Waals surface area contributed by atoms with Crippen LogP contribution in [0.3, 0.4) is 0 Å². The molecule has 1 aliphatic rings. The largest absolute Gasteiger partial charge is 0.464 e. The van der Waals surface area contributed by atoms with Gasteiger partial charge in [-0.3, -0.25) is 0 Å². The van der Waals surface area contributed by atoms with Gasteiger partial charge in [0, 0.05) is 18.7 Å². The van der Waals surface area contributed by atoms with Gasteiger partial charge in [0.05, 0.1) is 19.3 Å². The number of hydrogen-bond donors (Lipinski definition) is 0. The summed E-state index contributed by atoms with van der Waals surface area (Å²) in [4.78, 5) is 28.8. The topological polar surface area (TPSA) is 65.1 Å². The molecule has 3 rings (SSSR count). The molecular formula is C24H29NO5. The highest BCUT2D eigenvalue weighted by Gasteiger charge is 2.66. The second-order valence-electron chi connectivity index (χ2n) is 7.02. The van der Waals surface area contributed by atoms with Crippen LogP contribution in [0, 0.1) is 0 Å². The van der Waals surface area contributed by atoms with E-state index < -0.39 is 23.6 Å². The number of carbonyl (C=O) groups excluding carboxylic acids is 2. The molecule has 2 aromatic rings. The Balaban J connectivity index is 2.26. The zero-order valence-corrected chi connectivity index (χ0v) is 17.7. The van der Waals surface area contributed by atoms with Crippen molar-refractivity contribution in [1.29, 1.82) is 0 Å². The van der Waals surface area contributed by atoms with Crippen LogP contribution in [0.25, 0.3) is 0 Å². The second-order valence-corrected chi connectivity index (χ2v) is 7.02. The number of benzene rings is 2. The summed E-state index contributed by atoms with van der Waals surface area (Å²) in [5, 5.41) is 0. The van der Waals surface area contributed by atoms with Gasteiger partial charge in [0.1, 0.15) is 6.10 Å². The number of rotatable bonds is 8. The van der Waals surface area contributed by atoms with Crippen LogP contribution < -0.4 is 4.90 Å². The summed E-state index contributed by atoms with van der Waals surface area (Å²) in [6, 6.07) is 19.0. The summed E-state index contributed by atoms with van der Waals surface area (Å²) >= 11 is 0. The lowest BCUT2D eigenvalue weighted by Gasteiger charge is -2.40. The number of hydrogen-bond acceptors (Lipinski definition) is 6. The van der Waals surface area contributed by atoms with E-state index in [1.807, 2.05) is 72.5 Å². The molecule has 6 nitrogen and oxygen atoms in total. The summed E-state index contributed by atoms with van der Waals surface area (Å²) < 4.78 is 16.9. The van der Waals surface area contributed by atoms with E-state index in [-0.39, 0.29) is 19.3 Å². The molecule has 0 N–H and O–H groups in total. The lowest BCUT2D eigenvalue weighted by atomic mass is 9.92. The zero-order chi connectivity index (χ0) is 21.6. The zero-order valence-electron chi connectivity index (χ0n) is 17.7. The van der Waals surface area contributed by atoms with E-state index in [0.29, 0.717) is 13.0 Å². The Morgan fingerprint density at radius 1 is 0.867 bits per heavy atom. The van der Waals surface area contributed by atoms with Crippen molar-refractivity contribution in [3.63, 3.8) is 0 Å². The molecule has 0 bridgehead atoms. The van der Waals surface area contributed by atoms with Gasteiger partial charge in [-0.25, -0.2) is 9.59 Å². The highest BCUT2D eigenvalue weighted by Crippen LogP contribution is 2.48. The molecule has 30 heavy (non-hydrogen) atoms. The Morgan fingerprint density at radius 3 is 1.90 bits per heavy atom. The molecule has 1 aliphatic heterocycles. The smallest absolute Gasteiger partial charge is 0.346 e. The summed E-state index contributed by atoms with van der Waals surface area (Å²) in [6.45, 7) is 5.96. The average molecular weight is 411 g/mol. The van der Waals surface area contributed by atoms with Crippen LogP contribution in [-0.4, -0.2) is 43.4 Å². The molecular weight excluding hydrogens is 382 g/mol. The summed E-state index contributed by atoms with van der Waals surface area (Å²) in [6.07, 6.45) is -0.268. The fraction of sp³-hybridized carbons (Fsp3) is 0.417. The first-order chi connectivity index (χ1) is 14.6. The van der Waals surface area contributed by atoms with E-state index in [0.717, 1.165) is 11.3 Å². The molecule has 0 amide bonds. The highest BCUT2D eigenvalue weighted by molar-refractivity contribution is 6.10. The van der Waals surface area contributed by atoms with Crippen LogP contribution in [0.4, 0.5) is 5.69 Å². The van der Waals surface area contributed by atoms with Crippen LogP contribution >= 0.6 is 0 Å². The molecule has 1 fully saturated rings. The lowest BCUT2D eigenvalue weighted by Crippen LogP contribution is -2.64. The molecule has 2 atom stereocenters. The monoisotopic (exact) mass is 411 g/mol. The number of nitrogens with zero attached hydrogens (tertiary/aromatic N) is 1. The maximum Gasteiger partial charge on any atom is 0.346 e. The van der Waals surface area contributed by atoms with Crippen LogP contribution in [0.5, 0.6) is 0 Å². The molecule has 0 aliphatic carbocycles. The molecule has 1 heterocycles. The molecule has 0 spiro atoms. The third-order valence-corrected chi connectivity index (χ3v) is 5.35. The molecule has 2 aromatic carbocycles. The molecule has 0 aromatic heterocycles. The third kappa shape index (κ3) is 3.79. The number of carbonyl (C=O) groups is 2. The minimum Gasteiger partial charge on any atom is -0.464 e. The first-order valence-corrected chi connectivity index (χ1v) is 10.5. The van der Waals surface area contributed by atoms with Gasteiger partial charge in [0.2, 0.25) is 0 Å². The van der Waals surface area contributed by atoms with Gasteiger partial charge in [0.15, 0.2) is 0 Å². The van der Waals surface area contributed by atoms with Crippen molar-refractivity contribution in [2.24, 2.45) is 0 Å². The Labute approximate surface area is 177 Å². The number of para-hydroxylation sites is 1. The predicted molar refractivity (Wildman–Crippen MR) is 114 cm³/mol. The van der Waals surface area contributed by atoms with E-state index in [1.54, 1.807) is 13.8 Å². The predicted octanol–water partition coefficient (Wildman–Crippen LogP) is 3.91. The third-order valence-electron chi connectivity index (χ3n) is 5.35. The van der Waals surface area contributed by atoms with Gasteiger partial charge in [-0.05, 0) is 38.5 Å². The maximum absolute atomic E-state index is 13.5. The molecule has 6 heteroatoms. The normalized spacial score (nSPS) is 20.0. The van der Waals surface area contributed by atoms with Crippen LogP contribution in [0.1, 0.15) is 38.8 Å². The van der Waals surface area contributed by atoms with Crippen LogP contribution in [-0.2, 0) is 23.8 Å². The molecule has 0 saturated carbocycles. The summed E-state index contributed by atoms with van der Waals surface area (Å²) in [5.41, 5.74) is -0.0136. The van der Waals surface area contributed by atoms with Gasteiger partial charge in [0.25, 0.3) is 5.54 Å². The van der Waals surface area contributed by atoms with E-state index in [2.05, 4.69) is 0 Å². The van der Waals surface area contributed by atoms with Crippen molar-refractivity contribution < 1.29 is 23.8 Å². The molecule has 0 unspecified atom stereocenters. The average Bonchev–Trinajstić information content (AvgIpc) is 3.11. The number of ether oxygens (including phenoxy) is 3. The van der Waals surface area contributed by atoms with E-state index in [4.69, 9.17) is 14.2 Å². The Hall–Kier alpha value is -2.86. The van der Waals surface area contributed by atoms with Gasteiger partial charge < -0.3 is 19.1 Å². The Kier molecular flexibility index (Phi) is 7.11. The fourth-order valence-corrected chi connectivity index (χ4v) is 4.23. The maximum atomic E-state index is 13.5. The first-order valence-electron chi connectivity index (χ1n) is 10.5. The fourth-order valence-electron chi connectivity index (χ4n) is 4.23. The summed E-state index contributed by atoms with van der Waals surface area (Å²) in [5.74, 6) is -1.30. The van der Waals surface area contributed by atoms with E-state index in [1.165, 1.54) is 0 Å². The second kappa shape index (κ2) is 9.76. The summed E-state index contributed by atoms with van der Waals surface area (Å²) in [7, 11) is 0.